The predicted octanol–water partition coefficient (Wildman–Crippen LogP) is 2.18. The molecule has 1 aromatic carbocycles. The van der Waals surface area contributed by atoms with Crippen LogP contribution in [0.15, 0.2) is 40.3 Å². The molecule has 1 aromatic heterocycles. The van der Waals surface area contributed by atoms with Gasteiger partial charge in [0.2, 0.25) is 5.91 Å². The van der Waals surface area contributed by atoms with Crippen molar-refractivity contribution in [2.45, 2.75) is 32.0 Å². The van der Waals surface area contributed by atoms with Crippen LogP contribution in [0.3, 0.4) is 0 Å². The molecule has 2 aromatic rings. The van der Waals surface area contributed by atoms with Crippen molar-refractivity contribution in [3.8, 4) is 0 Å². The standard InChI is InChI=1S/C21H26N4O2S/c1-3-18-15(2)22-21-25(20(18)27)13-16(14-28-21)19(26)24-11-9-23(10-12-24)17-7-5-4-6-8-17/h4-8,16H,3,9-14H2,1-2H3/t16-/m1/s1. The lowest BCUT2D eigenvalue weighted by Gasteiger charge is -2.38. The predicted molar refractivity (Wildman–Crippen MR) is 112 cm³/mol. The fourth-order valence-electron chi connectivity index (χ4n) is 4.03. The molecule has 7 heteroatoms. The lowest BCUT2D eigenvalue weighted by atomic mass is 10.1. The molecule has 0 radical (unpaired) electrons. The monoisotopic (exact) mass is 398 g/mol. The van der Waals surface area contributed by atoms with Gasteiger partial charge < -0.3 is 9.80 Å². The zero-order valence-corrected chi connectivity index (χ0v) is 17.2. The van der Waals surface area contributed by atoms with Crippen molar-refractivity contribution in [2.75, 3.05) is 36.8 Å². The number of fused-ring (bicyclic) bond motifs is 1. The highest BCUT2D eigenvalue weighted by Gasteiger charge is 2.32. The first-order valence-electron chi connectivity index (χ1n) is 9.90. The summed E-state index contributed by atoms with van der Waals surface area (Å²) in [5.41, 5.74) is 2.79. The van der Waals surface area contributed by atoms with Crippen molar-refractivity contribution < 1.29 is 4.79 Å². The Morgan fingerprint density at radius 2 is 1.89 bits per heavy atom. The van der Waals surface area contributed by atoms with Crippen LogP contribution >= 0.6 is 11.8 Å². The van der Waals surface area contributed by atoms with Gasteiger partial charge in [0.15, 0.2) is 5.16 Å². The van der Waals surface area contributed by atoms with Gasteiger partial charge in [0.1, 0.15) is 0 Å². The lowest BCUT2D eigenvalue weighted by Crippen LogP contribution is -2.52. The van der Waals surface area contributed by atoms with Crippen LogP contribution in [0.5, 0.6) is 0 Å². The second kappa shape index (κ2) is 7.99. The third-order valence-electron chi connectivity index (χ3n) is 5.67. The van der Waals surface area contributed by atoms with E-state index in [0.29, 0.717) is 18.7 Å². The molecule has 1 amide bonds. The minimum Gasteiger partial charge on any atom is -0.368 e. The van der Waals surface area contributed by atoms with Gasteiger partial charge in [-0.3, -0.25) is 14.2 Å². The van der Waals surface area contributed by atoms with Crippen LogP contribution in [0.2, 0.25) is 0 Å². The summed E-state index contributed by atoms with van der Waals surface area (Å²) in [6.45, 7) is 7.44. The molecule has 2 aliphatic heterocycles. The number of carbonyl (C=O) groups excluding carboxylic acids is 1. The Bertz CT molecular complexity index is 920. The highest BCUT2D eigenvalue weighted by atomic mass is 32.2. The van der Waals surface area contributed by atoms with E-state index in [-0.39, 0.29) is 17.4 Å². The van der Waals surface area contributed by atoms with Crippen LogP contribution in [-0.4, -0.2) is 52.3 Å². The third kappa shape index (κ3) is 3.55. The fraction of sp³-hybridized carbons (Fsp3) is 0.476. The maximum atomic E-state index is 13.1. The molecule has 2 aliphatic rings. The Morgan fingerprint density at radius 1 is 1.18 bits per heavy atom. The summed E-state index contributed by atoms with van der Waals surface area (Å²) >= 11 is 1.53. The van der Waals surface area contributed by atoms with Crippen LogP contribution in [0, 0.1) is 12.8 Å². The van der Waals surface area contributed by atoms with Gasteiger partial charge in [-0.05, 0) is 25.5 Å². The maximum Gasteiger partial charge on any atom is 0.257 e. The number of thioether (sulfide) groups is 1. The molecule has 1 fully saturated rings. The van der Waals surface area contributed by atoms with Gasteiger partial charge in [-0.15, -0.1) is 0 Å². The van der Waals surface area contributed by atoms with Crippen LogP contribution in [0.25, 0.3) is 0 Å². The van der Waals surface area contributed by atoms with Gasteiger partial charge in [0.05, 0.1) is 5.92 Å². The summed E-state index contributed by atoms with van der Waals surface area (Å²) in [5, 5.41) is 0.748. The highest BCUT2D eigenvalue weighted by molar-refractivity contribution is 7.99. The number of hydrogen-bond donors (Lipinski definition) is 0. The Kier molecular flexibility index (Phi) is 5.44. The number of aromatic nitrogens is 2. The molecule has 1 saturated heterocycles. The second-order valence-electron chi connectivity index (χ2n) is 7.38. The topological polar surface area (TPSA) is 58.4 Å². The number of aryl methyl sites for hydroxylation is 1. The van der Waals surface area contributed by atoms with Gasteiger partial charge in [-0.1, -0.05) is 36.9 Å². The number of piperazine rings is 1. The molecule has 3 heterocycles. The maximum absolute atomic E-state index is 13.1. The van der Waals surface area contributed by atoms with Gasteiger partial charge >= 0.3 is 0 Å². The van der Waals surface area contributed by atoms with Gasteiger partial charge in [0.25, 0.3) is 5.56 Å². The van der Waals surface area contributed by atoms with Gasteiger partial charge in [-0.25, -0.2) is 4.98 Å². The van der Waals surface area contributed by atoms with E-state index >= 15 is 0 Å². The van der Waals surface area contributed by atoms with Crippen molar-refractivity contribution in [3.63, 3.8) is 0 Å². The van der Waals surface area contributed by atoms with Crippen molar-refractivity contribution >= 4 is 23.4 Å². The van der Waals surface area contributed by atoms with E-state index in [2.05, 4.69) is 22.0 Å². The number of para-hydroxylation sites is 1. The van der Waals surface area contributed by atoms with E-state index in [1.165, 1.54) is 17.4 Å². The van der Waals surface area contributed by atoms with Crippen LogP contribution in [0.4, 0.5) is 5.69 Å². The summed E-state index contributed by atoms with van der Waals surface area (Å²) in [5.74, 6) is 0.693. The minimum absolute atomic E-state index is 0.0175. The van der Waals surface area contributed by atoms with Crippen molar-refractivity contribution in [1.82, 2.24) is 14.5 Å². The Balaban J connectivity index is 1.44. The molecular formula is C21H26N4O2S. The lowest BCUT2D eigenvalue weighted by molar-refractivity contribution is -0.135. The zero-order valence-electron chi connectivity index (χ0n) is 16.4. The quantitative estimate of drug-likeness (QED) is 0.742. The normalized spacial score (nSPS) is 19.4. The second-order valence-corrected chi connectivity index (χ2v) is 8.37. The Morgan fingerprint density at radius 3 is 2.57 bits per heavy atom. The number of anilines is 1. The summed E-state index contributed by atoms with van der Waals surface area (Å²) in [7, 11) is 0. The Hall–Kier alpha value is -2.28. The van der Waals surface area contributed by atoms with Crippen LogP contribution < -0.4 is 10.5 Å². The average molecular weight is 399 g/mol. The SMILES string of the molecule is CCc1c(C)nc2n(c1=O)C[C@@H](C(=O)N1CCN(c3ccccc3)CC1)CS2. The van der Waals surface area contributed by atoms with Gasteiger partial charge in [-0.2, -0.15) is 0 Å². The summed E-state index contributed by atoms with van der Waals surface area (Å²) in [6.07, 6.45) is 0.669. The fourth-order valence-corrected chi connectivity index (χ4v) is 5.15. The Labute approximate surface area is 169 Å². The van der Waals surface area contributed by atoms with E-state index in [1.54, 1.807) is 4.57 Å². The van der Waals surface area contributed by atoms with Gasteiger partial charge in [0, 0.05) is 55.4 Å². The zero-order chi connectivity index (χ0) is 19.7. The molecule has 148 valence electrons. The van der Waals surface area contributed by atoms with E-state index in [0.717, 1.165) is 42.6 Å². The number of benzene rings is 1. The number of rotatable bonds is 3. The summed E-state index contributed by atoms with van der Waals surface area (Å²) in [4.78, 5) is 34.8. The average Bonchev–Trinajstić information content (AvgIpc) is 2.74. The first kappa shape index (κ1) is 19.1. The first-order chi connectivity index (χ1) is 13.6. The van der Waals surface area contributed by atoms with Crippen molar-refractivity contribution in [2.24, 2.45) is 5.92 Å². The largest absolute Gasteiger partial charge is 0.368 e. The molecule has 1 atom stereocenters. The minimum atomic E-state index is -0.160. The smallest absolute Gasteiger partial charge is 0.257 e. The van der Waals surface area contributed by atoms with E-state index < -0.39 is 0 Å². The molecule has 0 aliphatic carbocycles. The molecule has 0 bridgehead atoms. The van der Waals surface area contributed by atoms with E-state index in [1.807, 2.05) is 36.9 Å². The highest BCUT2D eigenvalue weighted by Crippen LogP contribution is 2.27. The molecule has 4 rings (SSSR count). The molecule has 0 spiro atoms. The number of nitrogens with zero attached hydrogens (tertiary/aromatic N) is 4. The number of hydrogen-bond acceptors (Lipinski definition) is 5. The molecule has 0 N–H and O–H groups in total. The van der Waals surface area contributed by atoms with Crippen molar-refractivity contribution in [1.29, 1.82) is 0 Å². The van der Waals surface area contributed by atoms with E-state index in [4.69, 9.17) is 0 Å². The third-order valence-corrected chi connectivity index (χ3v) is 6.81. The summed E-state index contributed by atoms with van der Waals surface area (Å²) < 4.78 is 1.71. The number of amides is 1. The number of carbonyl (C=O) groups is 1. The molecule has 28 heavy (non-hydrogen) atoms. The molecule has 0 unspecified atom stereocenters. The van der Waals surface area contributed by atoms with Crippen LogP contribution in [-0.2, 0) is 17.8 Å². The molecule has 0 saturated carbocycles. The molecular weight excluding hydrogens is 372 g/mol. The van der Waals surface area contributed by atoms with E-state index in [9.17, 15) is 9.59 Å². The first-order valence-corrected chi connectivity index (χ1v) is 10.9. The summed E-state index contributed by atoms with van der Waals surface area (Å²) in [6, 6.07) is 10.3. The molecule has 6 nitrogen and oxygen atoms in total. The van der Waals surface area contributed by atoms with Crippen molar-refractivity contribution in [3.05, 3.63) is 51.9 Å². The van der Waals surface area contributed by atoms with Crippen LogP contribution in [0.1, 0.15) is 18.2 Å².